The Labute approximate surface area is 137 Å². The molecular weight excluding hydrogens is 286 g/mol. The lowest BCUT2D eigenvalue weighted by Crippen LogP contribution is -2.38. The molecule has 23 heavy (non-hydrogen) atoms. The van der Waals surface area contributed by atoms with Gasteiger partial charge >= 0.3 is 0 Å². The van der Waals surface area contributed by atoms with E-state index in [1.54, 1.807) is 0 Å². The second-order valence-corrected chi connectivity index (χ2v) is 6.47. The Bertz CT molecular complexity index is 698. The minimum absolute atomic E-state index is 0.137. The molecule has 3 heteroatoms. The molecule has 0 spiro atoms. The molecule has 2 aromatic rings. The molecule has 3 nitrogen and oxygen atoms in total. The van der Waals surface area contributed by atoms with Crippen molar-refractivity contribution in [2.24, 2.45) is 0 Å². The Morgan fingerprint density at radius 1 is 1.09 bits per heavy atom. The van der Waals surface area contributed by atoms with Crippen molar-refractivity contribution < 1.29 is 9.84 Å². The van der Waals surface area contributed by atoms with Crippen LogP contribution in [0.5, 0.6) is 5.75 Å². The second-order valence-electron chi connectivity index (χ2n) is 6.47. The van der Waals surface area contributed by atoms with Crippen LogP contribution in [0, 0.1) is 0 Å². The van der Waals surface area contributed by atoms with E-state index in [1.807, 2.05) is 0 Å². The lowest BCUT2D eigenvalue weighted by Gasteiger charge is -2.36. The number of benzene rings is 2. The van der Waals surface area contributed by atoms with Crippen LogP contribution < -0.4 is 4.74 Å². The van der Waals surface area contributed by atoms with Crippen LogP contribution in [0.25, 0.3) is 0 Å². The Balaban J connectivity index is 1.47. The molecule has 1 unspecified atom stereocenters. The SMILES string of the molecule is OCC1c2ccccc2CCN1CCc1ccc2c(c1)CCO2. The molecule has 120 valence electrons. The highest BCUT2D eigenvalue weighted by molar-refractivity contribution is 5.40. The lowest BCUT2D eigenvalue weighted by molar-refractivity contribution is 0.115. The van der Waals surface area contributed by atoms with E-state index in [2.05, 4.69) is 47.4 Å². The number of rotatable bonds is 4. The minimum atomic E-state index is 0.137. The van der Waals surface area contributed by atoms with Crippen molar-refractivity contribution in [2.75, 3.05) is 26.3 Å². The molecule has 0 fully saturated rings. The third kappa shape index (κ3) is 2.87. The quantitative estimate of drug-likeness (QED) is 0.942. The summed E-state index contributed by atoms with van der Waals surface area (Å²) in [7, 11) is 0. The molecule has 2 aromatic carbocycles. The molecule has 0 aliphatic carbocycles. The third-order valence-corrected chi connectivity index (χ3v) is 5.14. The summed E-state index contributed by atoms with van der Waals surface area (Å²) in [6.07, 6.45) is 3.12. The summed E-state index contributed by atoms with van der Waals surface area (Å²) in [5.41, 5.74) is 5.39. The van der Waals surface area contributed by atoms with E-state index in [0.29, 0.717) is 0 Å². The molecule has 2 aliphatic rings. The van der Waals surface area contributed by atoms with E-state index in [4.69, 9.17) is 4.74 Å². The summed E-state index contributed by atoms with van der Waals surface area (Å²) in [5.74, 6) is 1.05. The van der Waals surface area contributed by atoms with Gasteiger partial charge in [-0.25, -0.2) is 0 Å². The van der Waals surface area contributed by atoms with E-state index in [1.165, 1.54) is 22.3 Å². The third-order valence-electron chi connectivity index (χ3n) is 5.14. The van der Waals surface area contributed by atoms with E-state index < -0.39 is 0 Å². The Morgan fingerprint density at radius 3 is 2.91 bits per heavy atom. The first-order chi connectivity index (χ1) is 11.3. The van der Waals surface area contributed by atoms with E-state index >= 15 is 0 Å². The van der Waals surface area contributed by atoms with Crippen LogP contribution in [-0.2, 0) is 19.3 Å². The molecule has 2 aliphatic heterocycles. The highest BCUT2D eigenvalue weighted by Gasteiger charge is 2.26. The predicted molar refractivity (Wildman–Crippen MR) is 90.9 cm³/mol. The van der Waals surface area contributed by atoms with Crippen LogP contribution in [0.4, 0.5) is 0 Å². The highest BCUT2D eigenvalue weighted by atomic mass is 16.5. The van der Waals surface area contributed by atoms with Gasteiger partial charge in [-0.2, -0.15) is 0 Å². The average molecular weight is 309 g/mol. The number of hydrogen-bond acceptors (Lipinski definition) is 3. The fourth-order valence-corrected chi connectivity index (χ4v) is 3.85. The zero-order valence-corrected chi connectivity index (χ0v) is 13.4. The maximum Gasteiger partial charge on any atom is 0.122 e. The standard InChI is InChI=1S/C20H23NO2/c22-14-19-18-4-2-1-3-16(18)8-11-21(19)10-7-15-5-6-20-17(13-15)9-12-23-20/h1-6,13,19,22H,7-12,14H2. The van der Waals surface area contributed by atoms with Gasteiger partial charge in [0.15, 0.2) is 0 Å². The lowest BCUT2D eigenvalue weighted by atomic mass is 9.92. The topological polar surface area (TPSA) is 32.7 Å². The first kappa shape index (κ1) is 14.7. The van der Waals surface area contributed by atoms with Crippen LogP contribution >= 0.6 is 0 Å². The summed E-state index contributed by atoms with van der Waals surface area (Å²) >= 11 is 0. The summed E-state index contributed by atoms with van der Waals surface area (Å²) in [5, 5.41) is 9.87. The number of aliphatic hydroxyl groups is 1. The number of ether oxygens (including phenoxy) is 1. The molecule has 0 amide bonds. The Kier molecular flexibility index (Phi) is 4.06. The van der Waals surface area contributed by atoms with Crippen molar-refractivity contribution in [2.45, 2.75) is 25.3 Å². The molecule has 0 saturated heterocycles. The molecule has 1 atom stereocenters. The summed E-state index contributed by atoms with van der Waals surface area (Å²) in [4.78, 5) is 2.42. The van der Waals surface area contributed by atoms with Gasteiger partial charge in [0.25, 0.3) is 0 Å². The smallest absolute Gasteiger partial charge is 0.122 e. The largest absolute Gasteiger partial charge is 0.493 e. The average Bonchev–Trinajstić information content (AvgIpc) is 3.07. The van der Waals surface area contributed by atoms with Gasteiger partial charge in [0.2, 0.25) is 0 Å². The summed E-state index contributed by atoms with van der Waals surface area (Å²) < 4.78 is 5.58. The fraction of sp³-hybridized carbons (Fsp3) is 0.400. The van der Waals surface area contributed by atoms with E-state index in [0.717, 1.165) is 44.7 Å². The molecular formula is C20H23NO2. The van der Waals surface area contributed by atoms with Crippen LogP contribution in [0.2, 0.25) is 0 Å². The van der Waals surface area contributed by atoms with Crippen molar-refractivity contribution in [3.8, 4) is 5.75 Å². The van der Waals surface area contributed by atoms with Gasteiger partial charge in [0.1, 0.15) is 5.75 Å². The van der Waals surface area contributed by atoms with Crippen molar-refractivity contribution in [3.63, 3.8) is 0 Å². The van der Waals surface area contributed by atoms with Crippen molar-refractivity contribution >= 4 is 0 Å². The first-order valence-electron chi connectivity index (χ1n) is 8.52. The Morgan fingerprint density at radius 2 is 2.00 bits per heavy atom. The maximum atomic E-state index is 9.87. The highest BCUT2D eigenvalue weighted by Crippen LogP contribution is 2.30. The van der Waals surface area contributed by atoms with Crippen LogP contribution in [0.3, 0.4) is 0 Å². The number of hydrogen-bond donors (Lipinski definition) is 1. The molecule has 0 saturated carbocycles. The van der Waals surface area contributed by atoms with Gasteiger partial charge in [0.05, 0.1) is 19.3 Å². The van der Waals surface area contributed by atoms with Gasteiger partial charge in [-0.05, 0) is 41.2 Å². The zero-order valence-electron chi connectivity index (χ0n) is 13.4. The number of fused-ring (bicyclic) bond motifs is 2. The normalized spacial score (nSPS) is 20.0. The molecule has 0 bridgehead atoms. The van der Waals surface area contributed by atoms with Crippen LogP contribution in [-0.4, -0.2) is 36.3 Å². The molecule has 2 heterocycles. The van der Waals surface area contributed by atoms with Gasteiger partial charge in [-0.1, -0.05) is 36.4 Å². The molecule has 4 rings (SSSR count). The maximum absolute atomic E-state index is 9.87. The van der Waals surface area contributed by atoms with Gasteiger partial charge in [0, 0.05) is 19.5 Å². The van der Waals surface area contributed by atoms with E-state index in [9.17, 15) is 5.11 Å². The summed E-state index contributed by atoms with van der Waals surface area (Å²) in [6, 6.07) is 15.2. The minimum Gasteiger partial charge on any atom is -0.493 e. The van der Waals surface area contributed by atoms with Gasteiger partial charge < -0.3 is 9.84 Å². The number of aliphatic hydroxyl groups excluding tert-OH is 1. The van der Waals surface area contributed by atoms with Crippen LogP contribution in [0.15, 0.2) is 42.5 Å². The zero-order chi connectivity index (χ0) is 15.6. The van der Waals surface area contributed by atoms with Crippen molar-refractivity contribution in [1.82, 2.24) is 4.90 Å². The van der Waals surface area contributed by atoms with Crippen molar-refractivity contribution in [1.29, 1.82) is 0 Å². The predicted octanol–water partition coefficient (Wildman–Crippen LogP) is 2.76. The van der Waals surface area contributed by atoms with Gasteiger partial charge in [-0.15, -0.1) is 0 Å². The Hall–Kier alpha value is -1.84. The van der Waals surface area contributed by atoms with Crippen molar-refractivity contribution in [3.05, 3.63) is 64.7 Å². The second kappa shape index (κ2) is 6.34. The molecule has 0 aromatic heterocycles. The summed E-state index contributed by atoms with van der Waals surface area (Å²) in [6.45, 7) is 3.01. The monoisotopic (exact) mass is 309 g/mol. The fourth-order valence-electron chi connectivity index (χ4n) is 3.85. The molecule has 0 radical (unpaired) electrons. The van der Waals surface area contributed by atoms with Crippen LogP contribution in [0.1, 0.15) is 28.3 Å². The van der Waals surface area contributed by atoms with Gasteiger partial charge in [-0.3, -0.25) is 4.90 Å². The van der Waals surface area contributed by atoms with E-state index in [-0.39, 0.29) is 12.6 Å². The first-order valence-corrected chi connectivity index (χ1v) is 8.52. The molecule has 1 N–H and O–H groups in total. The number of nitrogens with zero attached hydrogens (tertiary/aromatic N) is 1.